The molecular weight excluding hydrogens is 378 g/mol. The number of benzene rings is 2. The summed E-state index contributed by atoms with van der Waals surface area (Å²) in [4.78, 5) is 24.5. The number of hydrogen-bond donors (Lipinski definition) is 1. The Morgan fingerprint density at radius 2 is 1.89 bits per heavy atom. The fourth-order valence-electron chi connectivity index (χ4n) is 3.18. The van der Waals surface area contributed by atoms with Crippen molar-refractivity contribution in [2.45, 2.75) is 50.5 Å². The number of esters is 1. The maximum Gasteiger partial charge on any atom is 0.339 e. The first-order valence-corrected chi connectivity index (χ1v) is 10.7. The van der Waals surface area contributed by atoms with Crippen LogP contribution in [0.4, 0.5) is 5.69 Å². The van der Waals surface area contributed by atoms with Crippen LogP contribution >= 0.6 is 0 Å². The van der Waals surface area contributed by atoms with Crippen LogP contribution in [0.15, 0.2) is 47.4 Å². The number of ketones is 1. The Hall–Kier alpha value is -2.67. The zero-order chi connectivity index (χ0) is 20.3. The first-order valence-electron chi connectivity index (χ1n) is 9.20. The highest BCUT2D eigenvalue weighted by molar-refractivity contribution is 7.92. The Balaban J connectivity index is 1.83. The molecule has 1 atom stereocenters. The van der Waals surface area contributed by atoms with Crippen molar-refractivity contribution in [1.82, 2.24) is 0 Å². The summed E-state index contributed by atoms with van der Waals surface area (Å²) in [5.41, 5.74) is 2.09. The molecule has 1 fully saturated rings. The van der Waals surface area contributed by atoms with E-state index >= 15 is 0 Å². The number of carbonyl (C=O) groups excluding carboxylic acids is 2. The van der Waals surface area contributed by atoms with Crippen molar-refractivity contribution in [3.63, 3.8) is 0 Å². The first kappa shape index (κ1) is 20.1. The molecule has 0 aromatic heterocycles. The molecule has 0 bridgehead atoms. The molecule has 148 valence electrons. The number of anilines is 1. The van der Waals surface area contributed by atoms with Crippen LogP contribution in [0.25, 0.3) is 0 Å². The predicted molar refractivity (Wildman–Crippen MR) is 106 cm³/mol. The van der Waals surface area contributed by atoms with Gasteiger partial charge in [0.05, 0.1) is 10.5 Å². The summed E-state index contributed by atoms with van der Waals surface area (Å²) in [7, 11) is -3.87. The maximum absolute atomic E-state index is 12.7. The molecule has 2 aromatic rings. The minimum absolute atomic E-state index is 0.0403. The fourth-order valence-corrected chi connectivity index (χ4v) is 4.25. The lowest BCUT2D eigenvalue weighted by Crippen LogP contribution is -2.30. The smallest absolute Gasteiger partial charge is 0.339 e. The predicted octanol–water partition coefficient (Wildman–Crippen LogP) is 3.77. The van der Waals surface area contributed by atoms with Crippen molar-refractivity contribution in [3.8, 4) is 0 Å². The molecule has 6 nitrogen and oxygen atoms in total. The first-order chi connectivity index (χ1) is 13.3. The average molecular weight is 401 g/mol. The average Bonchev–Trinajstić information content (AvgIpc) is 2.63. The zero-order valence-corrected chi connectivity index (χ0v) is 16.7. The molecule has 0 heterocycles. The number of Topliss-reactive ketones (excluding diaryl/α,β-unsaturated/α-hetero) is 1. The summed E-state index contributed by atoms with van der Waals surface area (Å²) in [6.07, 6.45) is 1.82. The van der Waals surface area contributed by atoms with Crippen LogP contribution in [0.5, 0.6) is 0 Å². The van der Waals surface area contributed by atoms with Crippen LogP contribution in [0.3, 0.4) is 0 Å². The number of sulfonamides is 1. The molecule has 0 spiro atoms. The molecule has 1 aliphatic carbocycles. The van der Waals surface area contributed by atoms with Crippen LogP contribution in [0.2, 0.25) is 0 Å². The minimum Gasteiger partial charge on any atom is -0.451 e. The number of rotatable bonds is 5. The second-order valence-electron chi connectivity index (χ2n) is 7.06. The van der Waals surface area contributed by atoms with E-state index < -0.39 is 22.1 Å². The zero-order valence-electron chi connectivity index (χ0n) is 15.9. The van der Waals surface area contributed by atoms with E-state index in [0.29, 0.717) is 24.1 Å². The van der Waals surface area contributed by atoms with Gasteiger partial charge in [0.2, 0.25) is 0 Å². The van der Waals surface area contributed by atoms with E-state index in [2.05, 4.69) is 4.72 Å². The highest BCUT2D eigenvalue weighted by Gasteiger charge is 2.27. The summed E-state index contributed by atoms with van der Waals surface area (Å²) < 4.78 is 33.3. The van der Waals surface area contributed by atoms with Gasteiger partial charge in [-0.2, -0.15) is 0 Å². The van der Waals surface area contributed by atoms with Crippen LogP contribution in [-0.4, -0.2) is 26.3 Å². The molecule has 1 aliphatic rings. The highest BCUT2D eigenvalue weighted by atomic mass is 32.2. The monoisotopic (exact) mass is 401 g/mol. The van der Waals surface area contributed by atoms with Crippen molar-refractivity contribution >= 4 is 27.5 Å². The lowest BCUT2D eigenvalue weighted by atomic mass is 9.96. The third-order valence-electron chi connectivity index (χ3n) is 4.76. The van der Waals surface area contributed by atoms with E-state index in [-0.39, 0.29) is 16.2 Å². The largest absolute Gasteiger partial charge is 0.451 e. The third-order valence-corrected chi connectivity index (χ3v) is 6.14. The second-order valence-corrected chi connectivity index (χ2v) is 8.74. The highest BCUT2D eigenvalue weighted by Crippen LogP contribution is 2.23. The molecule has 0 saturated heterocycles. The Kier molecular flexibility index (Phi) is 5.84. The van der Waals surface area contributed by atoms with Gasteiger partial charge >= 0.3 is 5.97 Å². The maximum atomic E-state index is 12.7. The summed E-state index contributed by atoms with van der Waals surface area (Å²) in [5, 5.41) is 0. The van der Waals surface area contributed by atoms with Crippen molar-refractivity contribution in [2.75, 3.05) is 4.72 Å². The van der Waals surface area contributed by atoms with Gasteiger partial charge < -0.3 is 4.74 Å². The van der Waals surface area contributed by atoms with Gasteiger partial charge in [-0.05, 0) is 68.5 Å². The topological polar surface area (TPSA) is 89.5 Å². The number of ether oxygens (including phenoxy) is 1. The molecule has 28 heavy (non-hydrogen) atoms. The molecule has 7 heteroatoms. The third kappa shape index (κ3) is 4.59. The van der Waals surface area contributed by atoms with E-state index in [1.807, 2.05) is 13.0 Å². The molecule has 0 aliphatic heterocycles. The Morgan fingerprint density at radius 3 is 2.61 bits per heavy atom. The van der Waals surface area contributed by atoms with Gasteiger partial charge in [-0.1, -0.05) is 18.2 Å². The van der Waals surface area contributed by atoms with E-state index in [9.17, 15) is 18.0 Å². The number of nitrogens with one attached hydrogen (secondary N) is 1. The SMILES string of the molecule is Cc1cccc(NS(=O)(=O)c2ccc(C)c(C(=O)OC3CCCCC3=O)c2)c1. The van der Waals surface area contributed by atoms with Crippen molar-refractivity contribution in [3.05, 3.63) is 59.2 Å². The number of hydrogen-bond acceptors (Lipinski definition) is 5. The molecule has 0 amide bonds. The number of aryl methyl sites for hydroxylation is 2. The summed E-state index contributed by atoms with van der Waals surface area (Å²) in [6, 6.07) is 11.3. The van der Waals surface area contributed by atoms with E-state index in [0.717, 1.165) is 18.4 Å². The van der Waals surface area contributed by atoms with Gasteiger partial charge in [-0.3, -0.25) is 9.52 Å². The Morgan fingerprint density at radius 1 is 1.11 bits per heavy atom. The van der Waals surface area contributed by atoms with Crippen LogP contribution < -0.4 is 4.72 Å². The van der Waals surface area contributed by atoms with Gasteiger partial charge in [0, 0.05) is 12.1 Å². The standard InChI is InChI=1S/C21H23NO5S/c1-14-6-5-7-16(12-14)22-28(25,26)17-11-10-15(2)18(13-17)21(24)27-20-9-4-3-8-19(20)23/h5-7,10-13,20,22H,3-4,8-9H2,1-2H3. The van der Waals surface area contributed by atoms with Crippen molar-refractivity contribution < 1.29 is 22.7 Å². The summed E-state index contributed by atoms with van der Waals surface area (Å²) in [6.45, 7) is 3.56. The van der Waals surface area contributed by atoms with Crippen molar-refractivity contribution in [2.24, 2.45) is 0 Å². The minimum atomic E-state index is -3.87. The van der Waals surface area contributed by atoms with Crippen LogP contribution in [0.1, 0.15) is 47.2 Å². The quantitative estimate of drug-likeness (QED) is 0.770. The molecule has 1 saturated carbocycles. The van der Waals surface area contributed by atoms with E-state index in [1.165, 1.54) is 12.1 Å². The van der Waals surface area contributed by atoms with Gasteiger partial charge in [-0.25, -0.2) is 13.2 Å². The van der Waals surface area contributed by atoms with Gasteiger partial charge in [0.1, 0.15) is 0 Å². The Bertz CT molecular complexity index is 1010. The van der Waals surface area contributed by atoms with Crippen LogP contribution in [-0.2, 0) is 19.6 Å². The fraction of sp³-hybridized carbons (Fsp3) is 0.333. The molecule has 1 N–H and O–H groups in total. The molecule has 3 rings (SSSR count). The Labute approximate surface area is 165 Å². The van der Waals surface area contributed by atoms with Crippen LogP contribution in [0, 0.1) is 13.8 Å². The number of carbonyl (C=O) groups is 2. The second kappa shape index (κ2) is 8.14. The van der Waals surface area contributed by atoms with Gasteiger partial charge in [-0.15, -0.1) is 0 Å². The van der Waals surface area contributed by atoms with Gasteiger partial charge in [0.25, 0.3) is 10.0 Å². The lowest BCUT2D eigenvalue weighted by molar-refractivity contribution is -0.129. The van der Waals surface area contributed by atoms with E-state index in [1.54, 1.807) is 31.2 Å². The van der Waals surface area contributed by atoms with E-state index in [4.69, 9.17) is 4.74 Å². The van der Waals surface area contributed by atoms with Crippen molar-refractivity contribution in [1.29, 1.82) is 0 Å². The molecule has 1 unspecified atom stereocenters. The summed E-state index contributed by atoms with van der Waals surface area (Å²) >= 11 is 0. The molecular formula is C21H23NO5S. The van der Waals surface area contributed by atoms with Gasteiger partial charge in [0.15, 0.2) is 11.9 Å². The lowest BCUT2D eigenvalue weighted by Gasteiger charge is -2.21. The summed E-state index contributed by atoms with van der Waals surface area (Å²) in [5.74, 6) is -0.757. The molecule has 0 radical (unpaired) electrons. The molecule has 2 aromatic carbocycles. The normalized spacial score (nSPS) is 17.2.